The van der Waals surface area contributed by atoms with Crippen LogP contribution in [-0.4, -0.2) is 50.5 Å². The van der Waals surface area contributed by atoms with Gasteiger partial charge >= 0.3 is 5.69 Å². The number of nitrogens with zero attached hydrogens (tertiary/aromatic N) is 1. The molecule has 1 aromatic rings. The van der Waals surface area contributed by atoms with Gasteiger partial charge in [0.1, 0.15) is 18.3 Å². The first-order valence-electron chi connectivity index (χ1n) is 6.35. The second-order valence-electron chi connectivity index (χ2n) is 5.24. The van der Waals surface area contributed by atoms with Gasteiger partial charge in [0.05, 0.1) is 6.61 Å². The second kappa shape index (κ2) is 5.68. The minimum Gasteiger partial charge on any atom is -0.388 e. The average Bonchev–Trinajstić information content (AvgIpc) is 2.40. The molecule has 8 nitrogen and oxygen atoms in total. The summed E-state index contributed by atoms with van der Waals surface area (Å²) in [6, 6.07) is 0.950. The maximum atomic E-state index is 14.3. The molecule has 4 atom stereocenters. The molecule has 21 heavy (non-hydrogen) atoms. The zero-order valence-corrected chi connectivity index (χ0v) is 11.5. The van der Waals surface area contributed by atoms with Crippen LogP contribution in [0.4, 0.5) is 4.39 Å². The highest BCUT2D eigenvalue weighted by molar-refractivity contribution is 4.90. The van der Waals surface area contributed by atoms with Gasteiger partial charge in [0.25, 0.3) is 5.56 Å². The van der Waals surface area contributed by atoms with Crippen molar-refractivity contribution in [1.82, 2.24) is 9.55 Å². The normalized spacial score (nSPS) is 28.0. The highest BCUT2D eigenvalue weighted by atomic mass is 19.1. The number of ether oxygens (including phenoxy) is 2. The van der Waals surface area contributed by atoms with Crippen LogP contribution in [0.2, 0.25) is 0 Å². The summed E-state index contributed by atoms with van der Waals surface area (Å²) in [5.74, 6) is -1.10. The lowest BCUT2D eigenvalue weighted by molar-refractivity contribution is -0.324. The van der Waals surface area contributed by atoms with E-state index in [1.807, 2.05) is 4.98 Å². The lowest BCUT2D eigenvalue weighted by atomic mass is 10.1. The third kappa shape index (κ3) is 3.38. The maximum Gasteiger partial charge on any atom is 0.330 e. The molecule has 0 spiro atoms. The number of aromatic amines is 1. The Bertz CT molecular complexity index is 612. The van der Waals surface area contributed by atoms with Crippen LogP contribution in [0.3, 0.4) is 0 Å². The lowest BCUT2D eigenvalue weighted by Gasteiger charge is -2.41. The SMILES string of the molecule is CC1(C)OCC(O)[C@H](C(O)C(F)n2ccc(=O)[nH]c2=O)O1. The van der Waals surface area contributed by atoms with Crippen LogP contribution in [-0.2, 0) is 9.47 Å². The van der Waals surface area contributed by atoms with E-state index in [0.29, 0.717) is 4.57 Å². The number of alkyl halides is 1. The standard InChI is InChI=1S/C12H17FN2O6/c1-12(2)20-5-6(16)9(21-12)8(18)10(13)15-4-3-7(17)14-11(15)19/h3-4,6,8-10,16,18H,5H2,1-2H3,(H,14,17,19)/t6?,8?,9-,10?/m1/s1. The van der Waals surface area contributed by atoms with Crippen LogP contribution < -0.4 is 11.2 Å². The van der Waals surface area contributed by atoms with Gasteiger partial charge in [-0.3, -0.25) is 14.3 Å². The number of halogens is 1. The van der Waals surface area contributed by atoms with Crippen molar-refractivity contribution in [3.63, 3.8) is 0 Å². The summed E-state index contributed by atoms with van der Waals surface area (Å²) < 4.78 is 25.3. The molecule has 0 bridgehead atoms. The minimum absolute atomic E-state index is 0.137. The van der Waals surface area contributed by atoms with Crippen molar-refractivity contribution >= 4 is 0 Å². The molecular formula is C12H17FN2O6. The van der Waals surface area contributed by atoms with Crippen molar-refractivity contribution in [1.29, 1.82) is 0 Å². The van der Waals surface area contributed by atoms with Crippen molar-refractivity contribution in [3.8, 4) is 0 Å². The number of hydrogen-bond acceptors (Lipinski definition) is 6. The lowest BCUT2D eigenvalue weighted by Crippen LogP contribution is -2.55. The highest BCUT2D eigenvalue weighted by Gasteiger charge is 2.43. The van der Waals surface area contributed by atoms with E-state index in [0.717, 1.165) is 12.3 Å². The van der Waals surface area contributed by atoms with Crippen LogP contribution >= 0.6 is 0 Å². The Labute approximate surface area is 118 Å². The van der Waals surface area contributed by atoms with E-state index in [4.69, 9.17) is 9.47 Å². The summed E-state index contributed by atoms with van der Waals surface area (Å²) >= 11 is 0. The van der Waals surface area contributed by atoms with Crippen molar-refractivity contribution < 1.29 is 24.1 Å². The summed E-state index contributed by atoms with van der Waals surface area (Å²) in [6.07, 6.45) is -5.60. The van der Waals surface area contributed by atoms with Gasteiger partial charge < -0.3 is 19.7 Å². The molecule has 1 fully saturated rings. The summed E-state index contributed by atoms with van der Waals surface area (Å²) in [7, 11) is 0. The molecule has 3 unspecified atom stereocenters. The molecule has 1 aromatic heterocycles. The first kappa shape index (κ1) is 15.8. The summed E-state index contributed by atoms with van der Waals surface area (Å²) in [4.78, 5) is 24.3. The van der Waals surface area contributed by atoms with Gasteiger partial charge in [-0.25, -0.2) is 9.18 Å². The van der Waals surface area contributed by atoms with Gasteiger partial charge in [0.2, 0.25) is 6.30 Å². The second-order valence-corrected chi connectivity index (χ2v) is 5.24. The van der Waals surface area contributed by atoms with Crippen molar-refractivity contribution in [2.75, 3.05) is 6.61 Å². The quantitative estimate of drug-likeness (QED) is 0.652. The monoisotopic (exact) mass is 304 g/mol. The number of aliphatic hydroxyl groups excluding tert-OH is 2. The molecule has 0 saturated carbocycles. The molecule has 1 aliphatic heterocycles. The highest BCUT2D eigenvalue weighted by Crippen LogP contribution is 2.28. The van der Waals surface area contributed by atoms with Gasteiger partial charge in [-0.05, 0) is 13.8 Å². The largest absolute Gasteiger partial charge is 0.388 e. The molecule has 0 aliphatic carbocycles. The predicted molar refractivity (Wildman–Crippen MR) is 68.4 cm³/mol. The Morgan fingerprint density at radius 2 is 2.19 bits per heavy atom. The molecule has 9 heteroatoms. The fourth-order valence-corrected chi connectivity index (χ4v) is 2.06. The van der Waals surface area contributed by atoms with E-state index < -0.39 is 41.6 Å². The third-order valence-corrected chi connectivity index (χ3v) is 3.14. The molecule has 0 amide bonds. The summed E-state index contributed by atoms with van der Waals surface area (Å²) in [6.45, 7) is 2.97. The molecular weight excluding hydrogens is 287 g/mol. The molecule has 0 radical (unpaired) electrons. The van der Waals surface area contributed by atoms with Crippen molar-refractivity contribution in [3.05, 3.63) is 33.1 Å². The van der Waals surface area contributed by atoms with E-state index in [9.17, 15) is 24.2 Å². The molecule has 0 aromatic carbocycles. The van der Waals surface area contributed by atoms with Gasteiger partial charge in [0.15, 0.2) is 5.79 Å². The van der Waals surface area contributed by atoms with Gasteiger partial charge in [-0.15, -0.1) is 0 Å². The third-order valence-electron chi connectivity index (χ3n) is 3.14. The zero-order chi connectivity index (χ0) is 15.8. The van der Waals surface area contributed by atoms with Crippen molar-refractivity contribution in [2.24, 2.45) is 0 Å². The number of nitrogens with one attached hydrogen (secondary N) is 1. The van der Waals surface area contributed by atoms with Crippen LogP contribution in [0.15, 0.2) is 21.9 Å². The first-order chi connectivity index (χ1) is 9.71. The van der Waals surface area contributed by atoms with Crippen LogP contribution in [0, 0.1) is 0 Å². The molecule has 2 rings (SSSR count). The molecule has 1 aliphatic rings. The van der Waals surface area contributed by atoms with Crippen LogP contribution in [0.1, 0.15) is 20.1 Å². The van der Waals surface area contributed by atoms with E-state index in [1.54, 1.807) is 13.8 Å². The zero-order valence-electron chi connectivity index (χ0n) is 11.5. The summed E-state index contributed by atoms with van der Waals surface area (Å²) in [5, 5.41) is 19.8. The molecule has 1 saturated heterocycles. The number of rotatable bonds is 3. The van der Waals surface area contributed by atoms with E-state index in [-0.39, 0.29) is 6.61 Å². The molecule has 2 heterocycles. The molecule has 118 valence electrons. The topological polar surface area (TPSA) is 114 Å². The van der Waals surface area contributed by atoms with E-state index in [1.165, 1.54) is 0 Å². The van der Waals surface area contributed by atoms with E-state index >= 15 is 0 Å². The number of aliphatic hydroxyl groups is 2. The fraction of sp³-hybridized carbons (Fsp3) is 0.667. The predicted octanol–water partition coefficient (Wildman–Crippen LogP) is -1.12. The first-order valence-corrected chi connectivity index (χ1v) is 6.35. The minimum atomic E-state index is -2.19. The van der Waals surface area contributed by atoms with Gasteiger partial charge in [0, 0.05) is 12.3 Å². The van der Waals surface area contributed by atoms with E-state index in [2.05, 4.69) is 0 Å². The fourth-order valence-electron chi connectivity index (χ4n) is 2.06. The Morgan fingerprint density at radius 3 is 2.81 bits per heavy atom. The Hall–Kier alpha value is -1.55. The van der Waals surface area contributed by atoms with Crippen LogP contribution in [0.25, 0.3) is 0 Å². The summed E-state index contributed by atoms with van der Waals surface area (Å²) in [5.41, 5.74) is -1.68. The van der Waals surface area contributed by atoms with Gasteiger partial charge in [-0.2, -0.15) is 0 Å². The Balaban J connectivity index is 2.23. The Morgan fingerprint density at radius 1 is 1.52 bits per heavy atom. The molecule has 3 N–H and O–H groups in total. The average molecular weight is 304 g/mol. The van der Waals surface area contributed by atoms with Crippen LogP contribution in [0.5, 0.6) is 0 Å². The Kier molecular flexibility index (Phi) is 4.28. The number of H-pyrrole nitrogens is 1. The number of aromatic nitrogens is 2. The smallest absolute Gasteiger partial charge is 0.330 e. The van der Waals surface area contributed by atoms with Crippen molar-refractivity contribution in [2.45, 2.75) is 44.2 Å². The maximum absolute atomic E-state index is 14.3. The van der Waals surface area contributed by atoms with Gasteiger partial charge in [-0.1, -0.05) is 0 Å². The number of hydrogen-bond donors (Lipinski definition) is 3.